The Balaban J connectivity index is 1.61. The van der Waals surface area contributed by atoms with Gasteiger partial charge in [0.2, 0.25) is 11.8 Å². The van der Waals surface area contributed by atoms with Crippen molar-refractivity contribution in [3.63, 3.8) is 0 Å². The van der Waals surface area contributed by atoms with Gasteiger partial charge < -0.3 is 10.2 Å². The average molecular weight is 368 g/mol. The Morgan fingerprint density at radius 2 is 1.74 bits per heavy atom. The third-order valence-corrected chi connectivity index (χ3v) is 4.98. The van der Waals surface area contributed by atoms with Crippen molar-refractivity contribution in [3.05, 3.63) is 35.4 Å². The molecule has 4 amide bonds. The van der Waals surface area contributed by atoms with E-state index in [9.17, 15) is 19.2 Å². The van der Waals surface area contributed by atoms with Crippen molar-refractivity contribution in [1.82, 2.24) is 15.1 Å². The van der Waals surface area contributed by atoms with Crippen molar-refractivity contribution in [2.45, 2.75) is 38.3 Å². The van der Waals surface area contributed by atoms with Gasteiger partial charge in [0.25, 0.3) is 11.8 Å². The standard InChI is InChI=1S/C19H20N4O4/c1-12(23-18(26)14-4-2-3-5-15(14)19(23)27)17(25)22-10-7-13(8-11-22)21-16(24)6-9-20/h2-5,12-13H,6-8,10-11H2,1H3,(H,21,24). The maximum Gasteiger partial charge on any atom is 0.262 e. The zero-order valence-corrected chi connectivity index (χ0v) is 15.0. The van der Waals surface area contributed by atoms with Crippen LogP contribution < -0.4 is 5.32 Å². The molecule has 0 aromatic heterocycles. The van der Waals surface area contributed by atoms with Gasteiger partial charge in [-0.1, -0.05) is 12.1 Å². The second-order valence-electron chi connectivity index (χ2n) is 6.70. The van der Waals surface area contributed by atoms with E-state index in [2.05, 4.69) is 5.32 Å². The largest absolute Gasteiger partial charge is 0.352 e. The number of rotatable bonds is 4. The molecule has 1 saturated heterocycles. The van der Waals surface area contributed by atoms with Crippen LogP contribution in [0.1, 0.15) is 46.9 Å². The zero-order chi connectivity index (χ0) is 19.6. The SMILES string of the molecule is CC(C(=O)N1CCC(NC(=O)CC#N)CC1)N1C(=O)c2ccccc2C1=O. The summed E-state index contributed by atoms with van der Waals surface area (Å²) in [4.78, 5) is 52.0. The van der Waals surface area contributed by atoms with Gasteiger partial charge in [-0.2, -0.15) is 5.26 Å². The molecule has 1 N–H and O–H groups in total. The number of imide groups is 1. The molecule has 0 spiro atoms. The molecule has 8 nitrogen and oxygen atoms in total. The number of hydrogen-bond donors (Lipinski definition) is 1. The van der Waals surface area contributed by atoms with E-state index in [0.29, 0.717) is 37.1 Å². The van der Waals surface area contributed by atoms with E-state index in [1.807, 2.05) is 0 Å². The van der Waals surface area contributed by atoms with Crippen LogP contribution in [0, 0.1) is 11.3 Å². The summed E-state index contributed by atoms with van der Waals surface area (Å²) in [5, 5.41) is 11.3. The number of fused-ring (bicyclic) bond motifs is 1. The summed E-state index contributed by atoms with van der Waals surface area (Å²) in [6, 6.07) is 7.38. The Morgan fingerprint density at radius 3 is 2.26 bits per heavy atom. The minimum absolute atomic E-state index is 0.0792. The number of carbonyl (C=O) groups is 4. The van der Waals surface area contributed by atoms with Crippen LogP contribution in [0.25, 0.3) is 0 Å². The summed E-state index contributed by atoms with van der Waals surface area (Å²) in [6.45, 7) is 2.40. The van der Waals surface area contributed by atoms with Crippen LogP contribution in [-0.2, 0) is 9.59 Å². The highest BCUT2D eigenvalue weighted by atomic mass is 16.2. The fraction of sp³-hybridized carbons (Fsp3) is 0.421. The number of amides is 4. The van der Waals surface area contributed by atoms with E-state index in [-0.39, 0.29) is 24.3 Å². The van der Waals surface area contributed by atoms with Crippen LogP contribution in [0.4, 0.5) is 0 Å². The van der Waals surface area contributed by atoms with Crippen LogP contribution >= 0.6 is 0 Å². The van der Waals surface area contributed by atoms with Gasteiger partial charge in [-0.05, 0) is 31.9 Å². The van der Waals surface area contributed by atoms with Crippen molar-refractivity contribution >= 4 is 23.6 Å². The monoisotopic (exact) mass is 368 g/mol. The molecule has 27 heavy (non-hydrogen) atoms. The van der Waals surface area contributed by atoms with Crippen molar-refractivity contribution in [2.75, 3.05) is 13.1 Å². The second-order valence-corrected chi connectivity index (χ2v) is 6.70. The smallest absolute Gasteiger partial charge is 0.262 e. The molecule has 140 valence electrons. The fourth-order valence-corrected chi connectivity index (χ4v) is 3.53. The molecule has 2 heterocycles. The minimum atomic E-state index is -0.887. The molecule has 2 aliphatic heterocycles. The molecule has 2 aliphatic rings. The first-order valence-corrected chi connectivity index (χ1v) is 8.86. The maximum atomic E-state index is 12.8. The van der Waals surface area contributed by atoms with Gasteiger partial charge in [0, 0.05) is 19.1 Å². The molecular weight excluding hydrogens is 348 g/mol. The van der Waals surface area contributed by atoms with Crippen LogP contribution in [0.3, 0.4) is 0 Å². The highest BCUT2D eigenvalue weighted by molar-refractivity contribution is 6.22. The quantitative estimate of drug-likeness (QED) is 0.786. The number of likely N-dealkylation sites (tertiary alicyclic amines) is 1. The number of nitrogens with zero attached hydrogens (tertiary/aromatic N) is 3. The van der Waals surface area contributed by atoms with Crippen LogP contribution in [0.5, 0.6) is 0 Å². The van der Waals surface area contributed by atoms with E-state index in [0.717, 1.165) is 4.90 Å². The Kier molecular flexibility index (Phi) is 5.21. The highest BCUT2D eigenvalue weighted by Crippen LogP contribution is 2.25. The van der Waals surface area contributed by atoms with Crippen molar-refractivity contribution in [1.29, 1.82) is 5.26 Å². The number of benzene rings is 1. The Morgan fingerprint density at radius 1 is 1.19 bits per heavy atom. The lowest BCUT2D eigenvalue weighted by molar-refractivity contribution is -0.136. The van der Waals surface area contributed by atoms with Gasteiger partial charge >= 0.3 is 0 Å². The molecule has 0 radical (unpaired) electrons. The summed E-state index contributed by atoms with van der Waals surface area (Å²) in [5.41, 5.74) is 0.641. The number of carbonyl (C=O) groups excluding carboxylic acids is 4. The topological polar surface area (TPSA) is 111 Å². The van der Waals surface area contributed by atoms with Crippen LogP contribution in [-0.4, -0.2) is 58.6 Å². The molecular formula is C19H20N4O4. The van der Waals surface area contributed by atoms with Crippen molar-refractivity contribution in [3.8, 4) is 6.07 Å². The number of piperidine rings is 1. The molecule has 1 fully saturated rings. The van der Waals surface area contributed by atoms with Crippen molar-refractivity contribution < 1.29 is 19.2 Å². The summed E-state index contributed by atoms with van der Waals surface area (Å²) < 4.78 is 0. The van der Waals surface area contributed by atoms with E-state index >= 15 is 0 Å². The first kappa shape index (κ1) is 18.6. The molecule has 3 rings (SSSR count). The predicted octanol–water partition coefficient (Wildman–Crippen LogP) is 0.692. The van der Waals surface area contributed by atoms with E-state index in [1.54, 1.807) is 42.2 Å². The average Bonchev–Trinajstić information content (AvgIpc) is 2.92. The number of hydrogen-bond acceptors (Lipinski definition) is 5. The first-order chi connectivity index (χ1) is 12.9. The third kappa shape index (κ3) is 3.53. The first-order valence-electron chi connectivity index (χ1n) is 8.86. The lowest BCUT2D eigenvalue weighted by Gasteiger charge is -2.35. The molecule has 0 saturated carbocycles. The van der Waals surface area contributed by atoms with E-state index < -0.39 is 17.9 Å². The summed E-state index contributed by atoms with van der Waals surface area (Å²) >= 11 is 0. The van der Waals surface area contributed by atoms with Gasteiger partial charge in [0.15, 0.2) is 0 Å². The number of nitriles is 1. The molecule has 1 atom stereocenters. The summed E-state index contributed by atoms with van der Waals surface area (Å²) in [7, 11) is 0. The Bertz CT molecular complexity index is 801. The van der Waals surface area contributed by atoms with Gasteiger partial charge in [-0.25, -0.2) is 0 Å². The Labute approximate surface area is 156 Å². The van der Waals surface area contributed by atoms with Crippen LogP contribution in [0.2, 0.25) is 0 Å². The number of nitrogens with one attached hydrogen (secondary N) is 1. The van der Waals surface area contributed by atoms with Gasteiger partial charge in [-0.3, -0.25) is 24.1 Å². The van der Waals surface area contributed by atoms with Gasteiger partial charge in [0.05, 0.1) is 17.2 Å². The predicted molar refractivity (Wildman–Crippen MR) is 94.4 cm³/mol. The highest BCUT2D eigenvalue weighted by Gasteiger charge is 2.42. The minimum Gasteiger partial charge on any atom is -0.352 e. The molecule has 0 aliphatic carbocycles. The summed E-state index contributed by atoms with van der Waals surface area (Å²) in [6.07, 6.45) is 0.950. The third-order valence-electron chi connectivity index (χ3n) is 4.98. The maximum absolute atomic E-state index is 12.8. The molecule has 8 heteroatoms. The van der Waals surface area contributed by atoms with Crippen LogP contribution in [0.15, 0.2) is 24.3 Å². The second kappa shape index (κ2) is 7.58. The zero-order valence-electron chi connectivity index (χ0n) is 15.0. The Hall–Kier alpha value is -3.21. The van der Waals surface area contributed by atoms with E-state index in [1.165, 1.54) is 0 Å². The van der Waals surface area contributed by atoms with Crippen molar-refractivity contribution in [2.24, 2.45) is 0 Å². The molecule has 1 unspecified atom stereocenters. The lowest BCUT2D eigenvalue weighted by Crippen LogP contribution is -2.53. The summed E-state index contributed by atoms with van der Waals surface area (Å²) in [5.74, 6) is -1.50. The van der Waals surface area contributed by atoms with Gasteiger partial charge in [0.1, 0.15) is 12.5 Å². The normalized spacial score (nSPS) is 18.1. The fourth-order valence-electron chi connectivity index (χ4n) is 3.53. The van der Waals surface area contributed by atoms with Gasteiger partial charge in [-0.15, -0.1) is 0 Å². The molecule has 1 aromatic rings. The van der Waals surface area contributed by atoms with E-state index in [4.69, 9.17) is 5.26 Å². The molecule has 0 bridgehead atoms. The lowest BCUT2D eigenvalue weighted by atomic mass is 10.0. The molecule has 1 aromatic carbocycles.